The first-order valence-corrected chi connectivity index (χ1v) is 6.01. The van der Waals surface area contributed by atoms with E-state index in [0.29, 0.717) is 11.3 Å². The van der Waals surface area contributed by atoms with E-state index in [0.717, 1.165) is 0 Å². The van der Waals surface area contributed by atoms with Crippen LogP contribution in [0.25, 0.3) is 0 Å². The Labute approximate surface area is 106 Å². The van der Waals surface area contributed by atoms with E-state index in [9.17, 15) is 10.2 Å². The first-order valence-electron chi connectivity index (χ1n) is 4.14. The molecule has 2 unspecified atom stereocenters. The van der Waals surface area contributed by atoms with Gasteiger partial charge in [-0.3, -0.25) is 0 Å². The standard InChI is InChI=1S/C9H10BrCl2NO2/c10-3-7(14)9(15)8-5(11)1-4(13)2-6(8)12/h1-2,7,9,14-15H,3,13H2. The lowest BCUT2D eigenvalue weighted by Crippen LogP contribution is -2.20. The molecule has 0 fully saturated rings. The Hall–Kier alpha value is -0.000000000000000167. The Balaban J connectivity index is 3.13. The van der Waals surface area contributed by atoms with Gasteiger partial charge in [-0.2, -0.15) is 0 Å². The van der Waals surface area contributed by atoms with Crippen LogP contribution >= 0.6 is 39.1 Å². The van der Waals surface area contributed by atoms with Crippen LogP contribution in [0.5, 0.6) is 0 Å². The SMILES string of the molecule is Nc1cc(Cl)c(C(O)C(O)CBr)c(Cl)c1. The second-order valence-electron chi connectivity index (χ2n) is 3.06. The fourth-order valence-electron chi connectivity index (χ4n) is 1.16. The number of halogens is 3. The van der Waals surface area contributed by atoms with Gasteiger partial charge in [0.15, 0.2) is 0 Å². The molecular formula is C9H10BrCl2NO2. The maximum absolute atomic E-state index is 9.75. The van der Waals surface area contributed by atoms with Crippen molar-refractivity contribution in [1.29, 1.82) is 0 Å². The minimum absolute atomic E-state index is 0.227. The highest BCUT2D eigenvalue weighted by Gasteiger charge is 2.22. The molecule has 0 heterocycles. The Morgan fingerprint density at radius 3 is 2.13 bits per heavy atom. The summed E-state index contributed by atoms with van der Waals surface area (Å²) < 4.78 is 0. The third kappa shape index (κ3) is 2.98. The fraction of sp³-hybridized carbons (Fsp3) is 0.333. The number of rotatable bonds is 3. The van der Waals surface area contributed by atoms with Crippen molar-refractivity contribution in [2.45, 2.75) is 12.2 Å². The molecule has 0 aromatic heterocycles. The summed E-state index contributed by atoms with van der Waals surface area (Å²) in [5, 5.41) is 19.9. The highest BCUT2D eigenvalue weighted by molar-refractivity contribution is 9.09. The fourth-order valence-corrected chi connectivity index (χ4v) is 2.24. The minimum atomic E-state index is -1.13. The number of aliphatic hydroxyl groups excluding tert-OH is 2. The van der Waals surface area contributed by atoms with E-state index in [-0.39, 0.29) is 15.4 Å². The number of anilines is 1. The lowest BCUT2D eigenvalue weighted by Gasteiger charge is -2.18. The molecule has 1 rings (SSSR count). The summed E-state index contributed by atoms with van der Waals surface area (Å²) in [6.07, 6.45) is -2.10. The Bertz CT molecular complexity index is 339. The van der Waals surface area contributed by atoms with Gasteiger partial charge in [0.05, 0.1) is 6.10 Å². The molecule has 0 aliphatic carbocycles. The van der Waals surface area contributed by atoms with Crippen LogP contribution in [0, 0.1) is 0 Å². The smallest absolute Gasteiger partial charge is 0.109 e. The van der Waals surface area contributed by atoms with Gasteiger partial charge in [0.1, 0.15) is 6.10 Å². The zero-order valence-corrected chi connectivity index (χ0v) is 10.7. The van der Waals surface area contributed by atoms with Gasteiger partial charge in [-0.15, -0.1) is 0 Å². The van der Waals surface area contributed by atoms with Gasteiger partial charge >= 0.3 is 0 Å². The maximum Gasteiger partial charge on any atom is 0.109 e. The Morgan fingerprint density at radius 2 is 1.73 bits per heavy atom. The number of benzene rings is 1. The van der Waals surface area contributed by atoms with Crippen molar-refractivity contribution in [1.82, 2.24) is 0 Å². The predicted octanol–water partition coefficient (Wildman–Crippen LogP) is 2.36. The summed E-state index contributed by atoms with van der Waals surface area (Å²) in [6.45, 7) is 0. The summed E-state index contributed by atoms with van der Waals surface area (Å²) in [6, 6.07) is 2.96. The van der Waals surface area contributed by atoms with E-state index in [4.69, 9.17) is 28.9 Å². The van der Waals surface area contributed by atoms with Crippen LogP contribution in [0.2, 0.25) is 10.0 Å². The molecule has 15 heavy (non-hydrogen) atoms. The van der Waals surface area contributed by atoms with Crippen molar-refractivity contribution < 1.29 is 10.2 Å². The molecule has 3 nitrogen and oxygen atoms in total. The van der Waals surface area contributed by atoms with Crippen molar-refractivity contribution >= 4 is 44.8 Å². The molecule has 0 saturated heterocycles. The van der Waals surface area contributed by atoms with E-state index >= 15 is 0 Å². The third-order valence-electron chi connectivity index (χ3n) is 1.92. The molecule has 0 radical (unpaired) electrons. The van der Waals surface area contributed by atoms with Gasteiger partial charge in [0, 0.05) is 26.6 Å². The van der Waals surface area contributed by atoms with Gasteiger partial charge in [-0.1, -0.05) is 39.1 Å². The number of nitrogens with two attached hydrogens (primary N) is 1. The number of hydrogen-bond acceptors (Lipinski definition) is 3. The van der Waals surface area contributed by atoms with Gasteiger partial charge in [0.2, 0.25) is 0 Å². The van der Waals surface area contributed by atoms with Crippen molar-refractivity contribution in [2.24, 2.45) is 0 Å². The molecule has 0 spiro atoms. The molecule has 6 heteroatoms. The van der Waals surface area contributed by atoms with Crippen LogP contribution in [-0.4, -0.2) is 21.6 Å². The quantitative estimate of drug-likeness (QED) is 0.593. The van der Waals surface area contributed by atoms with Gasteiger partial charge < -0.3 is 15.9 Å². The van der Waals surface area contributed by atoms with Crippen molar-refractivity contribution in [3.05, 3.63) is 27.7 Å². The van der Waals surface area contributed by atoms with E-state index in [1.807, 2.05) is 0 Å². The second-order valence-corrected chi connectivity index (χ2v) is 4.53. The van der Waals surface area contributed by atoms with Crippen LogP contribution < -0.4 is 5.73 Å². The van der Waals surface area contributed by atoms with Crippen molar-refractivity contribution in [2.75, 3.05) is 11.1 Å². The minimum Gasteiger partial charge on any atom is -0.399 e. The summed E-state index contributed by atoms with van der Waals surface area (Å²) in [5.41, 5.74) is 6.22. The summed E-state index contributed by atoms with van der Waals surface area (Å²) in [4.78, 5) is 0. The van der Waals surface area contributed by atoms with E-state index in [1.165, 1.54) is 12.1 Å². The average Bonchev–Trinajstić information content (AvgIpc) is 2.14. The molecule has 4 N–H and O–H groups in total. The van der Waals surface area contributed by atoms with E-state index in [1.54, 1.807) is 0 Å². The van der Waals surface area contributed by atoms with E-state index < -0.39 is 12.2 Å². The normalized spacial score (nSPS) is 15.0. The van der Waals surface area contributed by atoms with Crippen LogP contribution in [0.1, 0.15) is 11.7 Å². The lowest BCUT2D eigenvalue weighted by molar-refractivity contribution is 0.0344. The van der Waals surface area contributed by atoms with Crippen LogP contribution in [0.4, 0.5) is 5.69 Å². The van der Waals surface area contributed by atoms with Crippen LogP contribution in [0.15, 0.2) is 12.1 Å². The number of hydrogen-bond donors (Lipinski definition) is 3. The molecule has 0 aliphatic heterocycles. The lowest BCUT2D eigenvalue weighted by atomic mass is 10.0. The number of aliphatic hydroxyl groups is 2. The Morgan fingerprint density at radius 1 is 1.27 bits per heavy atom. The summed E-state index contributed by atoms with van der Waals surface area (Å²) >= 11 is 14.8. The molecule has 0 bridgehead atoms. The number of alkyl halides is 1. The topological polar surface area (TPSA) is 66.5 Å². The first kappa shape index (κ1) is 13.1. The summed E-state index contributed by atoms with van der Waals surface area (Å²) in [5.74, 6) is 0. The summed E-state index contributed by atoms with van der Waals surface area (Å²) in [7, 11) is 0. The van der Waals surface area contributed by atoms with Crippen molar-refractivity contribution in [3.63, 3.8) is 0 Å². The highest BCUT2D eigenvalue weighted by Crippen LogP contribution is 2.34. The first-order chi connectivity index (χ1) is 6.97. The van der Waals surface area contributed by atoms with E-state index in [2.05, 4.69) is 15.9 Å². The zero-order chi connectivity index (χ0) is 11.6. The Kier molecular flexibility index (Phi) is 4.67. The predicted molar refractivity (Wildman–Crippen MR) is 65.6 cm³/mol. The molecular weight excluding hydrogens is 305 g/mol. The maximum atomic E-state index is 9.75. The molecule has 0 aliphatic rings. The molecule has 2 atom stereocenters. The van der Waals surface area contributed by atoms with Gasteiger partial charge in [-0.05, 0) is 12.1 Å². The highest BCUT2D eigenvalue weighted by atomic mass is 79.9. The molecule has 1 aromatic carbocycles. The molecule has 0 amide bonds. The third-order valence-corrected chi connectivity index (χ3v) is 3.21. The molecule has 0 saturated carbocycles. The molecule has 84 valence electrons. The molecule has 1 aromatic rings. The average molecular weight is 315 g/mol. The second kappa shape index (κ2) is 5.37. The van der Waals surface area contributed by atoms with Crippen molar-refractivity contribution in [3.8, 4) is 0 Å². The van der Waals surface area contributed by atoms with Gasteiger partial charge in [-0.25, -0.2) is 0 Å². The van der Waals surface area contributed by atoms with Crippen LogP contribution in [0.3, 0.4) is 0 Å². The largest absolute Gasteiger partial charge is 0.399 e. The van der Waals surface area contributed by atoms with Crippen LogP contribution in [-0.2, 0) is 0 Å². The van der Waals surface area contributed by atoms with Gasteiger partial charge in [0.25, 0.3) is 0 Å². The monoisotopic (exact) mass is 313 g/mol. The zero-order valence-electron chi connectivity index (χ0n) is 7.62. The number of nitrogen functional groups attached to an aromatic ring is 1.